The fourth-order valence-electron chi connectivity index (χ4n) is 1.36. The van der Waals surface area contributed by atoms with Gasteiger partial charge in [0.1, 0.15) is 12.2 Å². The first-order chi connectivity index (χ1) is 8.84. The molecule has 0 rings (SSSR count). The second kappa shape index (κ2) is 9.75. The minimum atomic E-state index is -1.10. The monoisotopic (exact) mass is 276 g/mol. The van der Waals surface area contributed by atoms with Crippen molar-refractivity contribution in [2.75, 3.05) is 6.61 Å². The van der Waals surface area contributed by atoms with Crippen LogP contribution in [0.3, 0.4) is 0 Å². The molecule has 3 atom stereocenters. The van der Waals surface area contributed by atoms with Crippen molar-refractivity contribution in [3.8, 4) is 0 Å². The van der Waals surface area contributed by atoms with Crippen molar-refractivity contribution in [2.24, 2.45) is 0 Å². The lowest BCUT2D eigenvalue weighted by Gasteiger charge is -2.14. The molecule has 0 saturated carbocycles. The molecular weight excluding hydrogens is 252 g/mol. The summed E-state index contributed by atoms with van der Waals surface area (Å²) in [6.07, 6.45) is 0.659. The Bertz CT molecular complexity index is 274. The normalized spacial score (nSPS) is 15.4. The Labute approximate surface area is 113 Å². The molecule has 0 radical (unpaired) electrons. The molecule has 0 bridgehead atoms. The van der Waals surface area contributed by atoms with E-state index in [9.17, 15) is 9.59 Å². The Hall–Kier alpha value is -1.14. The van der Waals surface area contributed by atoms with Gasteiger partial charge >= 0.3 is 11.9 Å². The highest BCUT2D eigenvalue weighted by Crippen LogP contribution is 2.08. The van der Waals surface area contributed by atoms with E-state index in [1.165, 1.54) is 13.8 Å². The van der Waals surface area contributed by atoms with Gasteiger partial charge in [-0.1, -0.05) is 0 Å². The van der Waals surface area contributed by atoms with E-state index in [1.807, 2.05) is 0 Å². The molecule has 0 aliphatic rings. The molecule has 6 heteroatoms. The molecule has 0 aliphatic carbocycles. The van der Waals surface area contributed by atoms with Crippen LogP contribution in [0.25, 0.3) is 0 Å². The van der Waals surface area contributed by atoms with Crippen LogP contribution in [0.5, 0.6) is 0 Å². The van der Waals surface area contributed by atoms with Crippen molar-refractivity contribution in [2.45, 2.75) is 64.8 Å². The molecule has 0 saturated heterocycles. The van der Waals surface area contributed by atoms with Crippen LogP contribution in [-0.2, 0) is 19.1 Å². The van der Waals surface area contributed by atoms with E-state index in [-0.39, 0.29) is 12.7 Å². The van der Waals surface area contributed by atoms with Crippen LogP contribution in [0.1, 0.15) is 46.5 Å². The largest absolute Gasteiger partial charge is 0.464 e. The lowest BCUT2D eigenvalue weighted by atomic mass is 10.1. The molecule has 19 heavy (non-hydrogen) atoms. The molecule has 0 aromatic carbocycles. The Kier molecular flexibility index (Phi) is 9.16. The summed E-state index contributed by atoms with van der Waals surface area (Å²) in [5.41, 5.74) is 0. The number of ether oxygens (including phenoxy) is 2. The van der Waals surface area contributed by atoms with Gasteiger partial charge in [-0.05, 0) is 46.5 Å². The maximum Gasteiger partial charge on any atom is 0.334 e. The molecule has 112 valence electrons. The summed E-state index contributed by atoms with van der Waals surface area (Å²) in [6.45, 7) is 4.78. The van der Waals surface area contributed by atoms with Crippen molar-refractivity contribution >= 4 is 11.9 Å². The van der Waals surface area contributed by atoms with Gasteiger partial charge in [-0.3, -0.25) is 0 Å². The predicted molar refractivity (Wildman–Crippen MR) is 68.3 cm³/mol. The van der Waals surface area contributed by atoms with Crippen molar-refractivity contribution in [1.82, 2.24) is 0 Å². The highest BCUT2D eigenvalue weighted by atomic mass is 16.6. The number of aliphatic hydroxyl groups is 2. The third-order valence-corrected chi connectivity index (χ3v) is 2.50. The number of unbranched alkanes of at least 4 members (excludes halogenated alkanes) is 2. The van der Waals surface area contributed by atoms with E-state index in [0.717, 1.165) is 12.8 Å². The second-order valence-electron chi connectivity index (χ2n) is 4.62. The van der Waals surface area contributed by atoms with Crippen LogP contribution in [-0.4, -0.2) is 47.1 Å². The van der Waals surface area contributed by atoms with E-state index in [0.29, 0.717) is 12.8 Å². The number of esters is 2. The fourth-order valence-corrected chi connectivity index (χ4v) is 1.36. The number of hydrogen-bond acceptors (Lipinski definition) is 6. The maximum absolute atomic E-state index is 11.1. The summed E-state index contributed by atoms with van der Waals surface area (Å²) in [7, 11) is 0. The van der Waals surface area contributed by atoms with Crippen LogP contribution in [0.4, 0.5) is 0 Å². The van der Waals surface area contributed by atoms with Crippen molar-refractivity contribution < 1.29 is 29.3 Å². The Balaban J connectivity index is 3.49. The number of hydrogen-bond donors (Lipinski definition) is 2. The summed E-state index contributed by atoms with van der Waals surface area (Å²) in [4.78, 5) is 22.0. The summed E-state index contributed by atoms with van der Waals surface area (Å²) in [6, 6.07) is 0. The second-order valence-corrected chi connectivity index (χ2v) is 4.62. The Morgan fingerprint density at radius 1 is 0.947 bits per heavy atom. The van der Waals surface area contributed by atoms with Gasteiger partial charge in [-0.25, -0.2) is 9.59 Å². The zero-order valence-corrected chi connectivity index (χ0v) is 11.8. The first-order valence-electron chi connectivity index (χ1n) is 6.57. The molecule has 0 aromatic heterocycles. The third kappa shape index (κ3) is 9.44. The van der Waals surface area contributed by atoms with Crippen LogP contribution in [0, 0.1) is 0 Å². The third-order valence-electron chi connectivity index (χ3n) is 2.50. The first-order valence-corrected chi connectivity index (χ1v) is 6.57. The number of rotatable bonds is 9. The van der Waals surface area contributed by atoms with Crippen molar-refractivity contribution in [3.63, 3.8) is 0 Å². The van der Waals surface area contributed by atoms with E-state index in [4.69, 9.17) is 19.7 Å². The maximum atomic E-state index is 11.1. The molecule has 0 aromatic rings. The minimum absolute atomic E-state index is 0.234. The summed E-state index contributed by atoms with van der Waals surface area (Å²) < 4.78 is 9.78. The minimum Gasteiger partial charge on any atom is -0.464 e. The van der Waals surface area contributed by atoms with Gasteiger partial charge in [-0.2, -0.15) is 0 Å². The smallest absolute Gasteiger partial charge is 0.334 e. The summed E-state index contributed by atoms with van der Waals surface area (Å²) in [5.74, 6) is -1.22. The van der Waals surface area contributed by atoms with Crippen molar-refractivity contribution in [3.05, 3.63) is 0 Å². The van der Waals surface area contributed by atoms with Gasteiger partial charge in [0.05, 0.1) is 12.7 Å². The highest BCUT2D eigenvalue weighted by Gasteiger charge is 2.14. The molecule has 0 heterocycles. The Morgan fingerprint density at radius 3 is 2.05 bits per heavy atom. The Morgan fingerprint density at radius 2 is 1.53 bits per heavy atom. The van der Waals surface area contributed by atoms with Gasteiger partial charge < -0.3 is 19.7 Å². The molecule has 3 unspecified atom stereocenters. The van der Waals surface area contributed by atoms with Crippen molar-refractivity contribution in [1.29, 1.82) is 0 Å². The van der Waals surface area contributed by atoms with Gasteiger partial charge in [0.25, 0.3) is 0 Å². The molecule has 2 N–H and O–H groups in total. The quantitative estimate of drug-likeness (QED) is 0.477. The van der Waals surface area contributed by atoms with Gasteiger partial charge in [0.2, 0.25) is 0 Å². The van der Waals surface area contributed by atoms with Crippen LogP contribution in [0.2, 0.25) is 0 Å². The standard InChI is InChI=1S/C13H24O6/c1-9(19-13(17)11(3)15)7-5-4-6-8-18-12(16)10(2)14/h9-11,14-15H,4-8H2,1-3H3. The zero-order chi connectivity index (χ0) is 14.8. The summed E-state index contributed by atoms with van der Waals surface area (Å²) >= 11 is 0. The molecule has 0 fully saturated rings. The topological polar surface area (TPSA) is 93.1 Å². The SMILES string of the molecule is CC(CCCCCOC(=O)C(C)O)OC(=O)C(C)O. The fraction of sp³-hybridized carbons (Fsp3) is 0.846. The van der Waals surface area contributed by atoms with Crippen LogP contribution < -0.4 is 0 Å². The molecule has 0 aliphatic heterocycles. The van der Waals surface area contributed by atoms with Gasteiger partial charge in [-0.15, -0.1) is 0 Å². The van der Waals surface area contributed by atoms with Gasteiger partial charge in [0, 0.05) is 0 Å². The predicted octanol–water partition coefficient (Wildman–Crippen LogP) is 0.783. The lowest BCUT2D eigenvalue weighted by Crippen LogP contribution is -2.24. The average Bonchev–Trinajstić information content (AvgIpc) is 2.32. The van der Waals surface area contributed by atoms with Crippen LogP contribution >= 0.6 is 0 Å². The lowest BCUT2D eigenvalue weighted by molar-refractivity contribution is -0.157. The van der Waals surface area contributed by atoms with Crippen LogP contribution in [0.15, 0.2) is 0 Å². The number of aliphatic hydroxyl groups excluding tert-OH is 2. The van der Waals surface area contributed by atoms with Gasteiger partial charge in [0.15, 0.2) is 0 Å². The van der Waals surface area contributed by atoms with E-state index in [2.05, 4.69) is 0 Å². The van der Waals surface area contributed by atoms with E-state index < -0.39 is 24.1 Å². The molecule has 0 amide bonds. The highest BCUT2D eigenvalue weighted by molar-refractivity contribution is 5.74. The summed E-state index contributed by atoms with van der Waals surface area (Å²) in [5, 5.41) is 17.8. The average molecular weight is 276 g/mol. The first kappa shape index (κ1) is 17.9. The zero-order valence-electron chi connectivity index (χ0n) is 11.8. The number of carbonyl (C=O) groups excluding carboxylic acids is 2. The van der Waals surface area contributed by atoms with E-state index >= 15 is 0 Å². The molecular formula is C13H24O6. The number of carbonyl (C=O) groups is 2. The van der Waals surface area contributed by atoms with E-state index in [1.54, 1.807) is 6.92 Å². The molecule has 6 nitrogen and oxygen atoms in total. The molecule has 0 spiro atoms.